The molecule has 0 fully saturated rings. The van der Waals surface area contributed by atoms with Gasteiger partial charge in [0.05, 0.1) is 12.1 Å². The Morgan fingerprint density at radius 2 is 2.21 bits per heavy atom. The summed E-state index contributed by atoms with van der Waals surface area (Å²) in [6, 6.07) is 1.69. The SMILES string of the molecule is Cn1ccc(CC(=O)CS(C)(=O)=O)n1. The number of sulfone groups is 1. The maximum absolute atomic E-state index is 11.2. The molecule has 0 aliphatic carbocycles. The van der Waals surface area contributed by atoms with Crippen LogP contribution in [0.25, 0.3) is 0 Å². The summed E-state index contributed by atoms with van der Waals surface area (Å²) in [7, 11) is -1.48. The lowest BCUT2D eigenvalue weighted by Crippen LogP contribution is -2.16. The number of hydrogen-bond donors (Lipinski definition) is 0. The van der Waals surface area contributed by atoms with Crippen molar-refractivity contribution in [2.45, 2.75) is 6.42 Å². The predicted molar refractivity (Wildman–Crippen MR) is 51.6 cm³/mol. The Bertz CT molecular complexity index is 433. The highest BCUT2D eigenvalue weighted by Crippen LogP contribution is 1.97. The van der Waals surface area contributed by atoms with Crippen molar-refractivity contribution in [1.82, 2.24) is 9.78 Å². The molecule has 0 N–H and O–H groups in total. The van der Waals surface area contributed by atoms with E-state index in [0.29, 0.717) is 5.69 Å². The molecule has 78 valence electrons. The van der Waals surface area contributed by atoms with Crippen LogP contribution in [0.2, 0.25) is 0 Å². The first-order chi connectivity index (χ1) is 6.37. The first-order valence-electron chi connectivity index (χ1n) is 4.05. The fourth-order valence-electron chi connectivity index (χ4n) is 1.10. The molecule has 0 aliphatic rings. The molecule has 6 heteroatoms. The summed E-state index contributed by atoms with van der Waals surface area (Å²) in [6.07, 6.45) is 2.83. The van der Waals surface area contributed by atoms with Crippen LogP contribution in [0.15, 0.2) is 12.3 Å². The number of aromatic nitrogens is 2. The highest BCUT2D eigenvalue weighted by Gasteiger charge is 2.12. The van der Waals surface area contributed by atoms with Gasteiger partial charge in [0.15, 0.2) is 15.6 Å². The normalized spacial score (nSPS) is 11.6. The third kappa shape index (κ3) is 3.69. The summed E-state index contributed by atoms with van der Waals surface area (Å²) >= 11 is 0. The molecule has 0 bridgehead atoms. The molecule has 1 aromatic heterocycles. The van der Waals surface area contributed by atoms with Gasteiger partial charge >= 0.3 is 0 Å². The van der Waals surface area contributed by atoms with Crippen LogP contribution in [0.4, 0.5) is 0 Å². The second-order valence-electron chi connectivity index (χ2n) is 3.27. The van der Waals surface area contributed by atoms with Crippen molar-refractivity contribution in [3.63, 3.8) is 0 Å². The molecule has 0 aromatic carbocycles. The van der Waals surface area contributed by atoms with Gasteiger partial charge in [-0.1, -0.05) is 0 Å². The minimum absolute atomic E-state index is 0.0773. The molecule has 0 saturated heterocycles. The summed E-state index contributed by atoms with van der Waals surface area (Å²) in [6.45, 7) is 0. The number of aryl methyl sites for hydroxylation is 1. The lowest BCUT2D eigenvalue weighted by Gasteiger charge is -1.95. The van der Waals surface area contributed by atoms with Crippen molar-refractivity contribution in [3.05, 3.63) is 18.0 Å². The van der Waals surface area contributed by atoms with Crippen LogP contribution in [0.3, 0.4) is 0 Å². The molecule has 0 saturated carbocycles. The van der Waals surface area contributed by atoms with Crippen LogP contribution in [0.5, 0.6) is 0 Å². The van der Waals surface area contributed by atoms with E-state index in [2.05, 4.69) is 5.10 Å². The highest BCUT2D eigenvalue weighted by atomic mass is 32.2. The van der Waals surface area contributed by atoms with Gasteiger partial charge in [-0.05, 0) is 6.07 Å². The van der Waals surface area contributed by atoms with Crippen molar-refractivity contribution in [2.75, 3.05) is 12.0 Å². The van der Waals surface area contributed by atoms with Gasteiger partial charge in [0.25, 0.3) is 0 Å². The summed E-state index contributed by atoms with van der Waals surface area (Å²) in [5, 5.41) is 3.98. The number of ketones is 1. The van der Waals surface area contributed by atoms with E-state index >= 15 is 0 Å². The van der Waals surface area contributed by atoms with Crippen molar-refractivity contribution in [2.24, 2.45) is 7.05 Å². The maximum atomic E-state index is 11.2. The minimum atomic E-state index is -3.22. The Kier molecular flexibility index (Phi) is 3.05. The number of carbonyl (C=O) groups excluding carboxylic acids is 1. The number of Topliss-reactive ketones (excluding diaryl/α,β-unsaturated/α-hetero) is 1. The van der Waals surface area contributed by atoms with Gasteiger partial charge in [-0.15, -0.1) is 0 Å². The van der Waals surface area contributed by atoms with E-state index in [1.165, 1.54) is 0 Å². The zero-order chi connectivity index (χ0) is 10.8. The zero-order valence-electron chi connectivity index (χ0n) is 8.10. The van der Waals surface area contributed by atoms with Crippen LogP contribution >= 0.6 is 0 Å². The van der Waals surface area contributed by atoms with Crippen LogP contribution in [-0.4, -0.2) is 36.0 Å². The zero-order valence-corrected chi connectivity index (χ0v) is 8.91. The van der Waals surface area contributed by atoms with Gasteiger partial charge in [0, 0.05) is 19.5 Å². The van der Waals surface area contributed by atoms with Gasteiger partial charge in [-0.3, -0.25) is 9.48 Å². The van der Waals surface area contributed by atoms with E-state index in [0.717, 1.165) is 6.26 Å². The average Bonchev–Trinajstić information content (AvgIpc) is 2.30. The summed E-state index contributed by atoms with van der Waals surface area (Å²) < 4.78 is 23.2. The van der Waals surface area contributed by atoms with Crippen molar-refractivity contribution in [1.29, 1.82) is 0 Å². The summed E-state index contributed by atoms with van der Waals surface area (Å²) in [4.78, 5) is 11.2. The van der Waals surface area contributed by atoms with E-state index in [9.17, 15) is 13.2 Å². The molecule has 0 aliphatic heterocycles. The fourth-order valence-corrected chi connectivity index (χ4v) is 1.79. The Balaban J connectivity index is 2.58. The van der Waals surface area contributed by atoms with Crippen molar-refractivity contribution < 1.29 is 13.2 Å². The molecule has 5 nitrogen and oxygen atoms in total. The van der Waals surface area contributed by atoms with Crippen LogP contribution in [-0.2, 0) is 28.1 Å². The lowest BCUT2D eigenvalue weighted by atomic mass is 10.2. The molecule has 1 rings (SSSR count). The minimum Gasteiger partial charge on any atom is -0.298 e. The van der Waals surface area contributed by atoms with Gasteiger partial charge in [-0.2, -0.15) is 5.10 Å². The molecule has 14 heavy (non-hydrogen) atoms. The van der Waals surface area contributed by atoms with Gasteiger partial charge < -0.3 is 0 Å². The maximum Gasteiger partial charge on any atom is 0.154 e. The van der Waals surface area contributed by atoms with Crippen LogP contribution < -0.4 is 0 Å². The fraction of sp³-hybridized carbons (Fsp3) is 0.500. The second kappa shape index (κ2) is 3.91. The first-order valence-corrected chi connectivity index (χ1v) is 6.11. The average molecular weight is 216 g/mol. The highest BCUT2D eigenvalue weighted by molar-refractivity contribution is 7.91. The molecule has 0 unspecified atom stereocenters. The second-order valence-corrected chi connectivity index (χ2v) is 5.41. The van der Waals surface area contributed by atoms with E-state index in [1.807, 2.05) is 0 Å². The van der Waals surface area contributed by atoms with Gasteiger partial charge in [0.1, 0.15) is 5.75 Å². The number of hydrogen-bond acceptors (Lipinski definition) is 4. The molecule has 0 amide bonds. The molecule has 1 heterocycles. The Labute approximate surface area is 82.7 Å². The molecule has 1 aromatic rings. The quantitative estimate of drug-likeness (QED) is 0.685. The van der Waals surface area contributed by atoms with Crippen LogP contribution in [0, 0.1) is 0 Å². The van der Waals surface area contributed by atoms with E-state index in [1.54, 1.807) is 24.0 Å². The Morgan fingerprint density at radius 1 is 1.57 bits per heavy atom. The first kappa shape index (κ1) is 10.9. The third-order valence-corrected chi connectivity index (χ3v) is 2.42. The number of rotatable bonds is 4. The Hall–Kier alpha value is -1.17. The van der Waals surface area contributed by atoms with Gasteiger partial charge in [0.2, 0.25) is 0 Å². The topological polar surface area (TPSA) is 69.0 Å². The number of nitrogens with zero attached hydrogens (tertiary/aromatic N) is 2. The van der Waals surface area contributed by atoms with E-state index in [4.69, 9.17) is 0 Å². The third-order valence-electron chi connectivity index (χ3n) is 1.57. The molecule has 0 atom stereocenters. The largest absolute Gasteiger partial charge is 0.298 e. The van der Waals surface area contributed by atoms with Crippen LogP contribution in [0.1, 0.15) is 5.69 Å². The monoisotopic (exact) mass is 216 g/mol. The molecular weight excluding hydrogens is 204 g/mol. The Morgan fingerprint density at radius 3 is 2.64 bits per heavy atom. The lowest BCUT2D eigenvalue weighted by molar-refractivity contribution is -0.116. The van der Waals surface area contributed by atoms with E-state index < -0.39 is 15.6 Å². The van der Waals surface area contributed by atoms with E-state index in [-0.39, 0.29) is 12.2 Å². The van der Waals surface area contributed by atoms with Crippen molar-refractivity contribution >= 4 is 15.6 Å². The molecule has 0 spiro atoms. The standard InChI is InChI=1S/C8H12N2O3S/c1-10-4-3-7(9-10)5-8(11)6-14(2,12)13/h3-4H,5-6H2,1-2H3. The summed E-state index contributed by atoms with van der Waals surface area (Å²) in [5.41, 5.74) is 0.598. The number of carbonyl (C=O) groups is 1. The smallest absolute Gasteiger partial charge is 0.154 e. The van der Waals surface area contributed by atoms with Gasteiger partial charge in [-0.25, -0.2) is 8.42 Å². The van der Waals surface area contributed by atoms with Crippen molar-refractivity contribution in [3.8, 4) is 0 Å². The predicted octanol–water partition coefficient (Wildman–Crippen LogP) is -0.424. The summed E-state index contributed by atoms with van der Waals surface area (Å²) in [5.74, 6) is -0.741. The molecule has 0 radical (unpaired) electrons. The molecular formula is C8H12N2O3S.